The Hall–Kier alpha value is -1.33. The summed E-state index contributed by atoms with van der Waals surface area (Å²) >= 11 is 3.55. The van der Waals surface area contributed by atoms with Gasteiger partial charge >= 0.3 is 0 Å². The molecule has 0 spiro atoms. The number of nitrogens with zero attached hydrogens (tertiary/aromatic N) is 2. The molecule has 0 saturated heterocycles. The van der Waals surface area contributed by atoms with Crippen LogP contribution in [0.2, 0.25) is 0 Å². The molecule has 102 valence electrons. The molecular formula is C14H18BrN3O. The highest BCUT2D eigenvalue weighted by Gasteiger charge is 2.03. The van der Waals surface area contributed by atoms with Crippen LogP contribution < -0.4 is 10.1 Å². The first-order valence-electron chi connectivity index (χ1n) is 6.29. The van der Waals surface area contributed by atoms with Crippen LogP contribution >= 0.6 is 15.9 Å². The topological polar surface area (TPSA) is 39.1 Å². The SMILES string of the molecule is CCNCc1cc(OCc2ccn(C)n2)ccc1Br. The second kappa shape index (κ2) is 6.73. The number of halogens is 1. The van der Waals surface area contributed by atoms with Gasteiger partial charge in [0.2, 0.25) is 0 Å². The van der Waals surface area contributed by atoms with Crippen molar-refractivity contribution in [3.63, 3.8) is 0 Å². The van der Waals surface area contributed by atoms with Crippen LogP contribution in [0.1, 0.15) is 18.2 Å². The largest absolute Gasteiger partial charge is 0.487 e. The number of aryl methyl sites for hydroxylation is 1. The zero-order valence-corrected chi connectivity index (χ0v) is 12.8. The molecule has 0 aliphatic carbocycles. The van der Waals surface area contributed by atoms with Gasteiger partial charge in [-0.15, -0.1) is 0 Å². The quantitative estimate of drug-likeness (QED) is 0.888. The number of ether oxygens (including phenoxy) is 1. The lowest BCUT2D eigenvalue weighted by Crippen LogP contribution is -2.12. The van der Waals surface area contributed by atoms with E-state index >= 15 is 0 Å². The highest BCUT2D eigenvalue weighted by molar-refractivity contribution is 9.10. The van der Waals surface area contributed by atoms with Crippen LogP contribution in [0.5, 0.6) is 5.75 Å². The van der Waals surface area contributed by atoms with Crippen LogP contribution in [0.4, 0.5) is 0 Å². The third-order valence-corrected chi connectivity index (χ3v) is 3.51. The predicted octanol–water partition coefficient (Wildman–Crippen LogP) is 2.87. The standard InChI is InChI=1S/C14H18BrN3O/c1-3-16-9-11-8-13(4-5-14(11)15)19-10-12-6-7-18(2)17-12/h4-8,16H,3,9-10H2,1-2H3. The molecular weight excluding hydrogens is 306 g/mol. The van der Waals surface area contributed by atoms with Gasteiger partial charge in [-0.1, -0.05) is 22.9 Å². The second-order valence-electron chi connectivity index (χ2n) is 4.30. The molecule has 1 aromatic heterocycles. The lowest BCUT2D eigenvalue weighted by Gasteiger charge is -2.09. The van der Waals surface area contributed by atoms with Gasteiger partial charge < -0.3 is 10.1 Å². The van der Waals surface area contributed by atoms with E-state index in [1.54, 1.807) is 4.68 Å². The summed E-state index contributed by atoms with van der Waals surface area (Å²) in [6.45, 7) is 4.36. The summed E-state index contributed by atoms with van der Waals surface area (Å²) in [7, 11) is 1.90. The van der Waals surface area contributed by atoms with Crippen molar-refractivity contribution in [1.29, 1.82) is 0 Å². The monoisotopic (exact) mass is 323 g/mol. The van der Waals surface area contributed by atoms with Gasteiger partial charge in [-0.2, -0.15) is 5.10 Å². The number of aromatic nitrogens is 2. The van der Waals surface area contributed by atoms with E-state index in [2.05, 4.69) is 39.3 Å². The van der Waals surface area contributed by atoms with E-state index in [4.69, 9.17) is 4.74 Å². The molecule has 4 nitrogen and oxygen atoms in total. The fraction of sp³-hybridized carbons (Fsp3) is 0.357. The Labute approximate surface area is 121 Å². The predicted molar refractivity (Wildman–Crippen MR) is 79.1 cm³/mol. The average Bonchev–Trinajstić information content (AvgIpc) is 2.82. The molecule has 5 heteroatoms. The van der Waals surface area contributed by atoms with Gasteiger partial charge in [-0.3, -0.25) is 4.68 Å². The summed E-state index contributed by atoms with van der Waals surface area (Å²) < 4.78 is 8.63. The summed E-state index contributed by atoms with van der Waals surface area (Å²) in [6, 6.07) is 7.98. The van der Waals surface area contributed by atoms with Crippen LogP contribution in [0, 0.1) is 0 Å². The molecule has 0 bridgehead atoms. The molecule has 0 saturated carbocycles. The lowest BCUT2D eigenvalue weighted by atomic mass is 10.2. The maximum absolute atomic E-state index is 5.76. The van der Waals surface area contributed by atoms with Gasteiger partial charge in [0.05, 0.1) is 5.69 Å². The smallest absolute Gasteiger partial charge is 0.132 e. The summed E-state index contributed by atoms with van der Waals surface area (Å²) in [4.78, 5) is 0. The van der Waals surface area contributed by atoms with Crippen LogP contribution in [-0.2, 0) is 20.2 Å². The number of nitrogens with one attached hydrogen (secondary N) is 1. The van der Waals surface area contributed by atoms with Crippen LogP contribution in [0.25, 0.3) is 0 Å². The molecule has 0 aliphatic heterocycles. The number of hydrogen-bond acceptors (Lipinski definition) is 3. The zero-order chi connectivity index (χ0) is 13.7. The van der Waals surface area contributed by atoms with Gasteiger partial charge in [-0.05, 0) is 36.4 Å². The first-order valence-corrected chi connectivity index (χ1v) is 7.09. The molecule has 0 aliphatic rings. The molecule has 0 unspecified atom stereocenters. The Morgan fingerprint density at radius 1 is 1.37 bits per heavy atom. The minimum Gasteiger partial charge on any atom is -0.487 e. The molecule has 1 aromatic carbocycles. The molecule has 0 atom stereocenters. The summed E-state index contributed by atoms with van der Waals surface area (Å²) in [5, 5.41) is 7.59. The Morgan fingerprint density at radius 3 is 2.89 bits per heavy atom. The maximum Gasteiger partial charge on any atom is 0.132 e. The van der Waals surface area contributed by atoms with E-state index < -0.39 is 0 Å². The van der Waals surface area contributed by atoms with Crippen molar-refractivity contribution in [1.82, 2.24) is 15.1 Å². The Balaban J connectivity index is 2.00. The van der Waals surface area contributed by atoms with Crippen LogP contribution in [0.3, 0.4) is 0 Å². The average molecular weight is 324 g/mol. The molecule has 19 heavy (non-hydrogen) atoms. The Bertz CT molecular complexity index is 539. The molecule has 0 radical (unpaired) electrons. The summed E-state index contributed by atoms with van der Waals surface area (Å²) in [6.07, 6.45) is 1.91. The van der Waals surface area contributed by atoms with Crippen molar-refractivity contribution in [2.24, 2.45) is 7.05 Å². The Kier molecular flexibility index (Phi) is 4.99. The van der Waals surface area contributed by atoms with Gasteiger partial charge in [0, 0.05) is 24.3 Å². The lowest BCUT2D eigenvalue weighted by molar-refractivity contribution is 0.299. The highest BCUT2D eigenvalue weighted by atomic mass is 79.9. The zero-order valence-electron chi connectivity index (χ0n) is 11.2. The first-order chi connectivity index (χ1) is 9.19. The first kappa shape index (κ1) is 14.1. The van der Waals surface area contributed by atoms with E-state index in [0.29, 0.717) is 6.61 Å². The van der Waals surface area contributed by atoms with Crippen LogP contribution in [0.15, 0.2) is 34.9 Å². The summed E-state index contributed by atoms with van der Waals surface area (Å²) in [5.41, 5.74) is 2.12. The van der Waals surface area contributed by atoms with E-state index in [9.17, 15) is 0 Å². The fourth-order valence-electron chi connectivity index (χ4n) is 1.73. The molecule has 2 rings (SSSR count). The highest BCUT2D eigenvalue weighted by Crippen LogP contribution is 2.23. The van der Waals surface area contributed by atoms with Gasteiger partial charge in [0.1, 0.15) is 12.4 Å². The second-order valence-corrected chi connectivity index (χ2v) is 5.16. The normalized spacial score (nSPS) is 10.7. The Morgan fingerprint density at radius 2 is 2.21 bits per heavy atom. The van der Waals surface area contributed by atoms with E-state index in [0.717, 1.165) is 29.0 Å². The van der Waals surface area contributed by atoms with Gasteiger partial charge in [-0.25, -0.2) is 0 Å². The molecule has 1 N–H and O–H groups in total. The number of benzene rings is 1. The maximum atomic E-state index is 5.76. The van der Waals surface area contributed by atoms with E-state index in [-0.39, 0.29) is 0 Å². The van der Waals surface area contributed by atoms with Crippen molar-refractivity contribution in [3.05, 3.63) is 46.2 Å². The van der Waals surface area contributed by atoms with Gasteiger partial charge in [0.25, 0.3) is 0 Å². The third-order valence-electron chi connectivity index (χ3n) is 2.74. The minimum atomic E-state index is 0.489. The van der Waals surface area contributed by atoms with E-state index in [1.807, 2.05) is 31.4 Å². The molecule has 0 fully saturated rings. The number of rotatable bonds is 6. The van der Waals surface area contributed by atoms with Gasteiger partial charge in [0.15, 0.2) is 0 Å². The fourth-order valence-corrected chi connectivity index (χ4v) is 2.12. The van der Waals surface area contributed by atoms with Crippen molar-refractivity contribution >= 4 is 15.9 Å². The van der Waals surface area contributed by atoms with Crippen molar-refractivity contribution < 1.29 is 4.74 Å². The van der Waals surface area contributed by atoms with Crippen molar-refractivity contribution in [3.8, 4) is 5.75 Å². The molecule has 0 amide bonds. The number of hydrogen-bond donors (Lipinski definition) is 1. The third kappa shape index (κ3) is 4.08. The summed E-state index contributed by atoms with van der Waals surface area (Å²) in [5.74, 6) is 0.863. The van der Waals surface area contributed by atoms with Crippen LogP contribution in [-0.4, -0.2) is 16.3 Å². The molecule has 1 heterocycles. The minimum absolute atomic E-state index is 0.489. The van der Waals surface area contributed by atoms with E-state index in [1.165, 1.54) is 5.56 Å². The van der Waals surface area contributed by atoms with Crippen molar-refractivity contribution in [2.75, 3.05) is 6.54 Å². The van der Waals surface area contributed by atoms with Crippen molar-refractivity contribution in [2.45, 2.75) is 20.1 Å². The molecule has 2 aromatic rings.